The molecule has 0 aliphatic carbocycles. The average molecular weight is 223 g/mol. The van der Waals surface area contributed by atoms with Gasteiger partial charge in [0.1, 0.15) is 9.84 Å². The van der Waals surface area contributed by atoms with Crippen LogP contribution in [0.4, 0.5) is 0 Å². The van der Waals surface area contributed by atoms with E-state index in [9.17, 15) is 8.42 Å². The summed E-state index contributed by atoms with van der Waals surface area (Å²) in [6.07, 6.45) is 1.83. The van der Waals surface area contributed by atoms with Crippen LogP contribution in [0.15, 0.2) is 0 Å². The second-order valence-corrected chi connectivity index (χ2v) is 6.23. The molecule has 0 saturated carbocycles. The minimum atomic E-state index is -2.85. The quantitative estimate of drug-likeness (QED) is 0.598. The maximum absolute atomic E-state index is 10.8. The highest BCUT2D eigenvalue weighted by atomic mass is 32.2. The average Bonchev–Trinajstić information content (AvgIpc) is 2.01. The number of aliphatic hydroxyl groups is 1. The molecular formula is C9H21NO3S. The van der Waals surface area contributed by atoms with Crippen molar-refractivity contribution in [2.24, 2.45) is 5.92 Å². The van der Waals surface area contributed by atoms with E-state index in [1.807, 2.05) is 13.8 Å². The van der Waals surface area contributed by atoms with Crippen molar-refractivity contribution in [1.82, 2.24) is 5.32 Å². The van der Waals surface area contributed by atoms with Crippen LogP contribution in [0.2, 0.25) is 0 Å². The van der Waals surface area contributed by atoms with E-state index in [0.717, 1.165) is 0 Å². The lowest BCUT2D eigenvalue weighted by atomic mass is 10.1. The van der Waals surface area contributed by atoms with Gasteiger partial charge in [-0.05, 0) is 18.9 Å². The molecule has 0 aliphatic heterocycles. The Hall–Kier alpha value is -0.130. The zero-order valence-electron chi connectivity index (χ0n) is 9.16. The van der Waals surface area contributed by atoms with Gasteiger partial charge in [0.05, 0.1) is 12.4 Å². The second kappa shape index (κ2) is 6.37. The van der Waals surface area contributed by atoms with Crippen LogP contribution >= 0.6 is 0 Å². The number of hydrogen-bond donors (Lipinski definition) is 2. The highest BCUT2D eigenvalue weighted by molar-refractivity contribution is 7.90. The molecule has 0 spiro atoms. The largest absolute Gasteiger partial charge is 0.395 e. The first kappa shape index (κ1) is 13.9. The number of aliphatic hydroxyl groups excluding tert-OH is 1. The van der Waals surface area contributed by atoms with Gasteiger partial charge in [0.2, 0.25) is 0 Å². The van der Waals surface area contributed by atoms with E-state index in [0.29, 0.717) is 18.9 Å². The smallest absolute Gasteiger partial charge is 0.147 e. The lowest BCUT2D eigenvalue weighted by Crippen LogP contribution is -2.38. The maximum atomic E-state index is 10.8. The molecule has 4 nitrogen and oxygen atoms in total. The van der Waals surface area contributed by atoms with Gasteiger partial charge in [-0.25, -0.2) is 8.42 Å². The van der Waals surface area contributed by atoms with Crippen molar-refractivity contribution < 1.29 is 13.5 Å². The highest BCUT2D eigenvalue weighted by Crippen LogP contribution is 2.00. The van der Waals surface area contributed by atoms with Gasteiger partial charge >= 0.3 is 0 Å². The van der Waals surface area contributed by atoms with Crippen LogP contribution in [-0.4, -0.2) is 44.7 Å². The van der Waals surface area contributed by atoms with Crippen molar-refractivity contribution >= 4 is 9.84 Å². The monoisotopic (exact) mass is 223 g/mol. The molecule has 86 valence electrons. The number of hydrogen-bond acceptors (Lipinski definition) is 4. The van der Waals surface area contributed by atoms with Gasteiger partial charge in [-0.15, -0.1) is 0 Å². The van der Waals surface area contributed by atoms with E-state index in [1.165, 1.54) is 6.26 Å². The fourth-order valence-corrected chi connectivity index (χ4v) is 1.80. The predicted molar refractivity (Wildman–Crippen MR) is 58.0 cm³/mol. The third-order valence-corrected chi connectivity index (χ3v) is 3.13. The lowest BCUT2D eigenvalue weighted by Gasteiger charge is -2.19. The molecular weight excluding hydrogens is 202 g/mol. The lowest BCUT2D eigenvalue weighted by molar-refractivity contribution is 0.211. The summed E-state index contributed by atoms with van der Waals surface area (Å²) in [5, 5.41) is 12.1. The maximum Gasteiger partial charge on any atom is 0.147 e. The summed E-state index contributed by atoms with van der Waals surface area (Å²) in [6.45, 7) is 4.77. The molecule has 0 unspecified atom stereocenters. The molecule has 0 aromatic heterocycles. The van der Waals surface area contributed by atoms with E-state index < -0.39 is 9.84 Å². The molecule has 2 N–H and O–H groups in total. The number of rotatable bonds is 7. The summed E-state index contributed by atoms with van der Waals surface area (Å²) in [7, 11) is -2.85. The summed E-state index contributed by atoms with van der Waals surface area (Å²) in [6, 6.07) is 0.0644. The van der Waals surface area contributed by atoms with Gasteiger partial charge in [-0.3, -0.25) is 0 Å². The zero-order chi connectivity index (χ0) is 11.2. The van der Waals surface area contributed by atoms with E-state index >= 15 is 0 Å². The molecule has 0 aromatic carbocycles. The number of sulfone groups is 1. The van der Waals surface area contributed by atoms with Crippen LogP contribution < -0.4 is 5.32 Å². The Bertz CT molecular complexity index is 236. The molecule has 1 atom stereocenters. The van der Waals surface area contributed by atoms with Crippen molar-refractivity contribution in [3.63, 3.8) is 0 Å². The molecule has 0 bridgehead atoms. The van der Waals surface area contributed by atoms with Crippen LogP contribution in [0.3, 0.4) is 0 Å². The Labute approximate surface area is 86.6 Å². The predicted octanol–water partition coefficient (Wildman–Crippen LogP) is 0.0276. The topological polar surface area (TPSA) is 66.4 Å². The van der Waals surface area contributed by atoms with E-state index in [4.69, 9.17) is 5.11 Å². The summed E-state index contributed by atoms with van der Waals surface area (Å²) >= 11 is 0. The van der Waals surface area contributed by atoms with Crippen LogP contribution in [-0.2, 0) is 9.84 Å². The summed E-state index contributed by atoms with van der Waals surface area (Å²) < 4.78 is 21.6. The molecule has 0 aliphatic rings. The summed E-state index contributed by atoms with van der Waals surface area (Å²) in [5.74, 6) is 0.564. The van der Waals surface area contributed by atoms with Gasteiger partial charge in [0.25, 0.3) is 0 Å². The molecule has 0 amide bonds. The fourth-order valence-electron chi connectivity index (χ4n) is 1.13. The molecule has 5 heteroatoms. The Morgan fingerprint density at radius 1 is 1.36 bits per heavy atom. The van der Waals surface area contributed by atoms with Crippen molar-refractivity contribution in [2.75, 3.05) is 25.2 Å². The van der Waals surface area contributed by atoms with E-state index in [-0.39, 0.29) is 18.4 Å². The van der Waals surface area contributed by atoms with Crippen molar-refractivity contribution in [2.45, 2.75) is 26.3 Å². The number of nitrogens with one attached hydrogen (secondary N) is 1. The minimum Gasteiger partial charge on any atom is -0.395 e. The molecule has 0 fully saturated rings. The minimum absolute atomic E-state index is 0.0644. The third kappa shape index (κ3) is 7.29. The third-order valence-electron chi connectivity index (χ3n) is 2.10. The van der Waals surface area contributed by atoms with Crippen LogP contribution in [0.1, 0.15) is 20.3 Å². The Morgan fingerprint density at radius 3 is 2.29 bits per heavy atom. The van der Waals surface area contributed by atoms with Crippen molar-refractivity contribution in [1.29, 1.82) is 0 Å². The Morgan fingerprint density at radius 2 is 1.93 bits per heavy atom. The first-order chi connectivity index (χ1) is 6.37. The first-order valence-electron chi connectivity index (χ1n) is 4.88. The Balaban J connectivity index is 3.63. The standard InChI is InChI=1S/C9H21NO3S/c1-8(2)9(7-11)10-5-4-6-14(3,12)13/h8-11H,4-7H2,1-3H3/t9-/m1/s1. The Kier molecular flexibility index (Phi) is 6.31. The van der Waals surface area contributed by atoms with Gasteiger partial charge < -0.3 is 10.4 Å². The van der Waals surface area contributed by atoms with Crippen molar-refractivity contribution in [3.8, 4) is 0 Å². The first-order valence-corrected chi connectivity index (χ1v) is 6.95. The van der Waals surface area contributed by atoms with E-state index in [2.05, 4.69) is 5.32 Å². The summed E-state index contributed by atoms with van der Waals surface area (Å²) in [5.41, 5.74) is 0. The summed E-state index contributed by atoms with van der Waals surface area (Å²) in [4.78, 5) is 0. The molecule has 0 heterocycles. The normalized spacial score (nSPS) is 14.6. The second-order valence-electron chi connectivity index (χ2n) is 3.97. The molecule has 14 heavy (non-hydrogen) atoms. The van der Waals surface area contributed by atoms with E-state index in [1.54, 1.807) is 0 Å². The highest BCUT2D eigenvalue weighted by Gasteiger charge is 2.10. The van der Waals surface area contributed by atoms with Gasteiger partial charge in [0.15, 0.2) is 0 Å². The van der Waals surface area contributed by atoms with Gasteiger partial charge in [-0.1, -0.05) is 13.8 Å². The van der Waals surface area contributed by atoms with Gasteiger partial charge in [-0.2, -0.15) is 0 Å². The van der Waals surface area contributed by atoms with Gasteiger partial charge in [0, 0.05) is 12.3 Å². The molecule has 0 saturated heterocycles. The van der Waals surface area contributed by atoms with Crippen LogP contribution in [0, 0.1) is 5.92 Å². The SMILES string of the molecule is CC(C)[C@@H](CO)NCCCS(C)(=O)=O. The van der Waals surface area contributed by atoms with Crippen LogP contribution in [0.5, 0.6) is 0 Å². The fraction of sp³-hybridized carbons (Fsp3) is 1.00. The molecule has 0 rings (SSSR count). The van der Waals surface area contributed by atoms with Crippen molar-refractivity contribution in [3.05, 3.63) is 0 Å². The molecule has 0 aromatic rings. The molecule has 0 radical (unpaired) electrons. The van der Waals surface area contributed by atoms with Crippen LogP contribution in [0.25, 0.3) is 0 Å². The zero-order valence-corrected chi connectivity index (χ0v) is 9.97.